The van der Waals surface area contributed by atoms with E-state index in [1.807, 2.05) is 0 Å². The summed E-state index contributed by atoms with van der Waals surface area (Å²) in [5, 5.41) is 3.41. The second kappa shape index (κ2) is 8.57. The first-order valence-corrected chi connectivity index (χ1v) is 8.13. The van der Waals surface area contributed by atoms with Crippen LogP contribution in [0.2, 0.25) is 0 Å². The van der Waals surface area contributed by atoms with Gasteiger partial charge in [0.15, 0.2) is 0 Å². The van der Waals surface area contributed by atoms with Crippen molar-refractivity contribution in [1.29, 1.82) is 0 Å². The molecule has 0 radical (unpaired) electrons. The van der Waals surface area contributed by atoms with Crippen LogP contribution in [0.4, 0.5) is 0 Å². The number of hydrogen-bond donors (Lipinski definition) is 1. The quantitative estimate of drug-likeness (QED) is 0.798. The minimum Gasteiger partial charge on any atom is -0.462 e. The molecule has 1 aromatic rings. The molecule has 21 heavy (non-hydrogen) atoms. The fourth-order valence-electron chi connectivity index (χ4n) is 2.54. The molecule has 2 heterocycles. The maximum atomic E-state index is 5.86. The predicted molar refractivity (Wildman–Crippen MR) is 83.2 cm³/mol. The molecule has 1 atom stereocenters. The Morgan fingerprint density at radius 3 is 2.95 bits per heavy atom. The molecule has 1 saturated heterocycles. The molecule has 0 saturated carbocycles. The highest BCUT2D eigenvalue weighted by atomic mass is 16.5. The third-order valence-electron chi connectivity index (χ3n) is 3.73. The van der Waals surface area contributed by atoms with Crippen molar-refractivity contribution in [3.8, 4) is 0 Å². The average Bonchev–Trinajstić information content (AvgIpc) is 2.80. The molecular formula is C17H29NO3. The molecule has 1 fully saturated rings. The summed E-state index contributed by atoms with van der Waals surface area (Å²) in [6.45, 7) is 10.4. The maximum absolute atomic E-state index is 5.86. The smallest absolute Gasteiger partial charge is 0.130 e. The first-order chi connectivity index (χ1) is 10.1. The molecule has 0 bridgehead atoms. The van der Waals surface area contributed by atoms with Gasteiger partial charge in [-0.2, -0.15) is 0 Å². The third-order valence-corrected chi connectivity index (χ3v) is 3.73. The van der Waals surface area contributed by atoms with Crippen LogP contribution in [-0.2, 0) is 22.6 Å². The second-order valence-electron chi connectivity index (χ2n) is 6.35. The minimum atomic E-state index is 0.266. The van der Waals surface area contributed by atoms with Gasteiger partial charge in [0.25, 0.3) is 0 Å². The molecule has 0 aliphatic carbocycles. The summed E-state index contributed by atoms with van der Waals surface area (Å²) in [6.07, 6.45) is 3.81. The van der Waals surface area contributed by atoms with Gasteiger partial charge in [-0.3, -0.25) is 0 Å². The lowest BCUT2D eigenvalue weighted by molar-refractivity contribution is -0.0473. The van der Waals surface area contributed by atoms with Gasteiger partial charge in [-0.15, -0.1) is 0 Å². The van der Waals surface area contributed by atoms with Gasteiger partial charge in [0.05, 0.1) is 19.3 Å². The van der Waals surface area contributed by atoms with Crippen molar-refractivity contribution in [2.24, 2.45) is 5.92 Å². The van der Waals surface area contributed by atoms with E-state index in [2.05, 4.69) is 32.2 Å². The van der Waals surface area contributed by atoms with Gasteiger partial charge in [0, 0.05) is 6.61 Å². The molecule has 4 heteroatoms. The van der Waals surface area contributed by atoms with Gasteiger partial charge < -0.3 is 19.2 Å². The summed E-state index contributed by atoms with van der Waals surface area (Å²) in [5.74, 6) is 2.58. The highest BCUT2D eigenvalue weighted by molar-refractivity contribution is 5.19. The van der Waals surface area contributed by atoms with Crippen LogP contribution < -0.4 is 5.32 Å². The van der Waals surface area contributed by atoms with Crippen molar-refractivity contribution >= 4 is 0 Å². The van der Waals surface area contributed by atoms with Crippen molar-refractivity contribution in [1.82, 2.24) is 5.32 Å². The molecule has 4 nitrogen and oxygen atoms in total. The normalized spacial score (nSPS) is 19.3. The summed E-state index contributed by atoms with van der Waals surface area (Å²) in [7, 11) is 0. The maximum Gasteiger partial charge on any atom is 0.130 e. The fourth-order valence-corrected chi connectivity index (χ4v) is 2.54. The van der Waals surface area contributed by atoms with Crippen LogP contribution in [0.3, 0.4) is 0 Å². The van der Waals surface area contributed by atoms with Crippen LogP contribution in [0.5, 0.6) is 0 Å². The van der Waals surface area contributed by atoms with E-state index >= 15 is 0 Å². The Morgan fingerprint density at radius 1 is 1.38 bits per heavy atom. The van der Waals surface area contributed by atoms with Gasteiger partial charge in [0.2, 0.25) is 0 Å². The van der Waals surface area contributed by atoms with Crippen molar-refractivity contribution in [2.45, 2.75) is 59.3 Å². The van der Waals surface area contributed by atoms with E-state index in [1.54, 1.807) is 0 Å². The lowest BCUT2D eigenvalue weighted by atomic mass is 10.1. The van der Waals surface area contributed by atoms with E-state index in [4.69, 9.17) is 13.9 Å². The molecular weight excluding hydrogens is 266 g/mol. The zero-order chi connectivity index (χ0) is 15.1. The third kappa shape index (κ3) is 5.81. The van der Waals surface area contributed by atoms with Gasteiger partial charge in [-0.05, 0) is 50.3 Å². The van der Waals surface area contributed by atoms with Crippen LogP contribution in [0.1, 0.15) is 50.2 Å². The van der Waals surface area contributed by atoms with Crippen molar-refractivity contribution in [2.75, 3.05) is 19.8 Å². The summed E-state index contributed by atoms with van der Waals surface area (Å²) in [5.41, 5.74) is 1.19. The van der Waals surface area contributed by atoms with Gasteiger partial charge in [0.1, 0.15) is 18.1 Å². The molecule has 2 rings (SSSR count). The van der Waals surface area contributed by atoms with Gasteiger partial charge in [-0.1, -0.05) is 13.8 Å². The van der Waals surface area contributed by atoms with E-state index < -0.39 is 0 Å². The summed E-state index contributed by atoms with van der Waals surface area (Å²) in [6, 6.07) is 2.08. The van der Waals surface area contributed by atoms with Gasteiger partial charge in [-0.25, -0.2) is 0 Å². The van der Waals surface area contributed by atoms with Crippen molar-refractivity contribution < 1.29 is 13.9 Å². The number of furan rings is 1. The Bertz CT molecular complexity index is 408. The fraction of sp³-hybridized carbons (Fsp3) is 0.765. The molecule has 1 N–H and O–H groups in total. The van der Waals surface area contributed by atoms with Crippen LogP contribution in [0.25, 0.3) is 0 Å². The standard InChI is InChI=1S/C17H29NO3/c1-13(2)9-18-10-17-14(3)8-16(21-17)12-19-11-15-6-4-5-7-20-15/h8,13,15,18H,4-7,9-12H2,1-3H3. The molecule has 1 aromatic heterocycles. The zero-order valence-corrected chi connectivity index (χ0v) is 13.6. The highest BCUT2D eigenvalue weighted by Crippen LogP contribution is 2.17. The first-order valence-electron chi connectivity index (χ1n) is 8.13. The number of aryl methyl sites for hydroxylation is 1. The Balaban J connectivity index is 1.70. The topological polar surface area (TPSA) is 43.6 Å². The van der Waals surface area contributed by atoms with E-state index in [0.29, 0.717) is 19.1 Å². The lowest BCUT2D eigenvalue weighted by Gasteiger charge is -2.22. The van der Waals surface area contributed by atoms with Crippen molar-refractivity contribution in [3.05, 3.63) is 23.2 Å². The van der Waals surface area contributed by atoms with Crippen molar-refractivity contribution in [3.63, 3.8) is 0 Å². The van der Waals surface area contributed by atoms with Crippen LogP contribution in [0.15, 0.2) is 10.5 Å². The monoisotopic (exact) mass is 295 g/mol. The van der Waals surface area contributed by atoms with E-state index in [9.17, 15) is 0 Å². The molecule has 0 aromatic carbocycles. The summed E-state index contributed by atoms with van der Waals surface area (Å²) < 4.78 is 17.2. The minimum absolute atomic E-state index is 0.266. The van der Waals surface area contributed by atoms with E-state index in [1.165, 1.54) is 18.4 Å². The number of nitrogens with one attached hydrogen (secondary N) is 1. The number of ether oxygens (including phenoxy) is 2. The largest absolute Gasteiger partial charge is 0.462 e. The van der Waals surface area contributed by atoms with Gasteiger partial charge >= 0.3 is 0 Å². The zero-order valence-electron chi connectivity index (χ0n) is 13.6. The van der Waals surface area contributed by atoms with Crippen LogP contribution >= 0.6 is 0 Å². The SMILES string of the molecule is Cc1cc(COCC2CCCCO2)oc1CNCC(C)C. The first kappa shape index (κ1) is 16.5. The lowest BCUT2D eigenvalue weighted by Crippen LogP contribution is -2.24. The average molecular weight is 295 g/mol. The van der Waals surface area contributed by atoms with E-state index in [0.717, 1.165) is 37.6 Å². The molecule has 0 spiro atoms. The Hall–Kier alpha value is -0.840. The summed E-state index contributed by atoms with van der Waals surface area (Å²) in [4.78, 5) is 0. The number of hydrogen-bond acceptors (Lipinski definition) is 4. The Kier molecular flexibility index (Phi) is 6.74. The molecule has 120 valence electrons. The van der Waals surface area contributed by atoms with Crippen LogP contribution in [0, 0.1) is 12.8 Å². The second-order valence-corrected chi connectivity index (χ2v) is 6.35. The van der Waals surface area contributed by atoms with Crippen LogP contribution in [-0.4, -0.2) is 25.9 Å². The Labute approximate surface area is 128 Å². The predicted octanol–water partition coefficient (Wildman–Crippen LogP) is 3.42. The highest BCUT2D eigenvalue weighted by Gasteiger charge is 2.14. The summed E-state index contributed by atoms with van der Waals surface area (Å²) >= 11 is 0. The van der Waals surface area contributed by atoms with E-state index in [-0.39, 0.29) is 6.10 Å². The molecule has 0 amide bonds. The molecule has 1 aliphatic rings. The molecule has 1 aliphatic heterocycles. The molecule has 1 unspecified atom stereocenters. The Morgan fingerprint density at radius 2 is 2.24 bits per heavy atom. The number of rotatable bonds is 8.